The molecule has 1 aromatic rings. The molecule has 28 heavy (non-hydrogen) atoms. The van der Waals surface area contributed by atoms with Crippen LogP contribution in [-0.2, 0) is 9.53 Å². The molecule has 6 nitrogen and oxygen atoms in total. The van der Waals surface area contributed by atoms with E-state index in [0.29, 0.717) is 23.1 Å². The molecule has 0 saturated heterocycles. The van der Waals surface area contributed by atoms with Gasteiger partial charge in [0.1, 0.15) is 6.10 Å². The Morgan fingerprint density at radius 2 is 1.79 bits per heavy atom. The smallest absolute Gasteiger partial charge is 0.338 e. The number of rotatable bonds is 4. The fourth-order valence-corrected chi connectivity index (χ4v) is 4.00. The van der Waals surface area contributed by atoms with Crippen LogP contribution in [0.1, 0.15) is 51.6 Å². The quantitative estimate of drug-likeness (QED) is 0.775. The molecule has 0 aromatic heterocycles. The zero-order valence-electron chi connectivity index (χ0n) is 17.4. The van der Waals surface area contributed by atoms with Crippen molar-refractivity contribution in [2.75, 3.05) is 19.0 Å². The van der Waals surface area contributed by atoms with Crippen molar-refractivity contribution in [1.82, 2.24) is 10.6 Å². The monoisotopic (exact) mass is 385 g/mol. The lowest BCUT2D eigenvalue weighted by Gasteiger charge is -2.33. The molecule has 1 heterocycles. The van der Waals surface area contributed by atoms with E-state index in [0.717, 1.165) is 30.5 Å². The molecule has 152 valence electrons. The van der Waals surface area contributed by atoms with Crippen molar-refractivity contribution in [3.63, 3.8) is 0 Å². The molecule has 1 saturated carbocycles. The van der Waals surface area contributed by atoms with E-state index in [1.807, 2.05) is 43.3 Å². The predicted molar refractivity (Wildman–Crippen MR) is 110 cm³/mol. The largest absolute Gasteiger partial charge is 0.459 e. The molecule has 0 radical (unpaired) electrons. The van der Waals surface area contributed by atoms with E-state index in [9.17, 15) is 9.59 Å². The van der Waals surface area contributed by atoms with Crippen LogP contribution in [0.25, 0.3) is 0 Å². The van der Waals surface area contributed by atoms with Crippen LogP contribution in [0.2, 0.25) is 0 Å². The average Bonchev–Trinajstić information content (AvgIpc) is 2.64. The molecule has 0 bridgehead atoms. The van der Waals surface area contributed by atoms with E-state index in [2.05, 4.69) is 24.5 Å². The highest BCUT2D eigenvalue weighted by atomic mass is 16.5. The molecule has 1 fully saturated rings. The summed E-state index contributed by atoms with van der Waals surface area (Å²) in [6.07, 6.45) is 2.79. The maximum Gasteiger partial charge on any atom is 0.338 e. The fraction of sp³-hybridized carbons (Fsp3) is 0.545. The number of esters is 1. The Bertz CT molecular complexity index is 770. The van der Waals surface area contributed by atoms with Gasteiger partial charge in [-0.05, 0) is 55.7 Å². The van der Waals surface area contributed by atoms with Gasteiger partial charge in [-0.25, -0.2) is 9.59 Å². The van der Waals surface area contributed by atoms with Crippen molar-refractivity contribution in [3.05, 3.63) is 41.1 Å². The van der Waals surface area contributed by atoms with Crippen LogP contribution in [0.15, 0.2) is 35.5 Å². The van der Waals surface area contributed by atoms with Gasteiger partial charge in [-0.15, -0.1) is 0 Å². The van der Waals surface area contributed by atoms with Crippen LogP contribution < -0.4 is 15.5 Å². The van der Waals surface area contributed by atoms with Gasteiger partial charge >= 0.3 is 12.0 Å². The molecule has 6 heteroatoms. The zero-order valence-corrected chi connectivity index (χ0v) is 17.4. The Kier molecular flexibility index (Phi) is 5.96. The number of hydrogen-bond donors (Lipinski definition) is 2. The van der Waals surface area contributed by atoms with Gasteiger partial charge in [-0.2, -0.15) is 0 Å². The molecule has 1 aliphatic heterocycles. The minimum absolute atomic E-state index is 0.0617. The molecular weight excluding hydrogens is 354 g/mol. The number of ether oxygens (including phenoxy) is 1. The number of urea groups is 1. The molecule has 3 rings (SSSR count). The van der Waals surface area contributed by atoms with Crippen LogP contribution in [0.4, 0.5) is 10.5 Å². The van der Waals surface area contributed by atoms with Gasteiger partial charge in [-0.3, -0.25) is 0 Å². The lowest BCUT2D eigenvalue weighted by molar-refractivity contribution is -0.147. The number of benzene rings is 1. The van der Waals surface area contributed by atoms with Gasteiger partial charge in [0.05, 0.1) is 11.6 Å². The van der Waals surface area contributed by atoms with E-state index in [1.165, 1.54) is 0 Å². The van der Waals surface area contributed by atoms with Crippen molar-refractivity contribution in [2.24, 2.45) is 11.8 Å². The number of allylic oxidation sites excluding steroid dienone is 1. The van der Waals surface area contributed by atoms with Gasteiger partial charge < -0.3 is 20.3 Å². The van der Waals surface area contributed by atoms with Crippen LogP contribution >= 0.6 is 0 Å². The number of carbonyl (C=O) groups is 2. The van der Waals surface area contributed by atoms with Crippen molar-refractivity contribution in [1.29, 1.82) is 0 Å². The first-order valence-electron chi connectivity index (χ1n) is 10.0. The predicted octanol–water partition coefficient (Wildman–Crippen LogP) is 3.75. The third-order valence-corrected chi connectivity index (χ3v) is 6.06. The zero-order chi connectivity index (χ0) is 20.4. The van der Waals surface area contributed by atoms with E-state index in [4.69, 9.17) is 4.74 Å². The minimum atomic E-state index is -0.516. The summed E-state index contributed by atoms with van der Waals surface area (Å²) in [4.78, 5) is 27.1. The van der Waals surface area contributed by atoms with Gasteiger partial charge in [0.2, 0.25) is 0 Å². The van der Waals surface area contributed by atoms with Crippen LogP contribution in [0.3, 0.4) is 0 Å². The van der Waals surface area contributed by atoms with E-state index >= 15 is 0 Å². The summed E-state index contributed by atoms with van der Waals surface area (Å²) in [5.41, 5.74) is 2.94. The Morgan fingerprint density at radius 1 is 1.11 bits per heavy atom. The maximum atomic E-state index is 13.1. The first-order chi connectivity index (χ1) is 13.3. The highest BCUT2D eigenvalue weighted by Crippen LogP contribution is 2.33. The molecule has 1 aliphatic carbocycles. The second-order valence-corrected chi connectivity index (χ2v) is 8.35. The van der Waals surface area contributed by atoms with Crippen LogP contribution in [-0.4, -0.2) is 32.2 Å². The number of amides is 2. The highest BCUT2D eigenvalue weighted by molar-refractivity contribution is 5.95. The number of nitrogens with zero attached hydrogens (tertiary/aromatic N) is 1. The third-order valence-electron chi connectivity index (χ3n) is 6.06. The molecule has 2 N–H and O–H groups in total. The topological polar surface area (TPSA) is 70.7 Å². The van der Waals surface area contributed by atoms with Crippen LogP contribution in [0.5, 0.6) is 0 Å². The van der Waals surface area contributed by atoms with E-state index in [1.54, 1.807) is 6.92 Å². The Morgan fingerprint density at radius 3 is 2.39 bits per heavy atom. The van der Waals surface area contributed by atoms with Gasteiger partial charge in [0.15, 0.2) is 0 Å². The van der Waals surface area contributed by atoms with Gasteiger partial charge in [0, 0.05) is 25.5 Å². The molecule has 4 atom stereocenters. The average molecular weight is 386 g/mol. The summed E-state index contributed by atoms with van der Waals surface area (Å²) in [5, 5.41) is 5.59. The number of anilines is 1. The number of hydrogen-bond acceptors (Lipinski definition) is 4. The fourth-order valence-electron chi connectivity index (χ4n) is 4.00. The molecular formula is C22H31N3O3. The maximum absolute atomic E-state index is 13.1. The van der Waals surface area contributed by atoms with E-state index in [-0.39, 0.29) is 18.1 Å². The standard InChI is InChI=1S/C22H31N3O3/c1-13-6-11-18(12-14(13)2)28-21(26)19-15(3)23-22(27)24-20(19)16-7-9-17(10-8-16)25(4)5/h7-10,13-14,18,20H,6,11-12H2,1-5H3,(H2,23,24,27)/t13-,14+,18+,20+/m0/s1. The molecule has 0 spiro atoms. The molecule has 2 aliphatic rings. The highest BCUT2D eigenvalue weighted by Gasteiger charge is 2.34. The van der Waals surface area contributed by atoms with Crippen LogP contribution in [0, 0.1) is 11.8 Å². The Labute approximate surface area is 167 Å². The summed E-state index contributed by atoms with van der Waals surface area (Å²) >= 11 is 0. The number of nitrogens with one attached hydrogen (secondary N) is 2. The Hall–Kier alpha value is -2.50. The second kappa shape index (κ2) is 8.25. The minimum Gasteiger partial charge on any atom is -0.459 e. The van der Waals surface area contributed by atoms with Gasteiger partial charge in [-0.1, -0.05) is 26.0 Å². The van der Waals surface area contributed by atoms with Crippen molar-refractivity contribution < 1.29 is 14.3 Å². The second-order valence-electron chi connectivity index (χ2n) is 8.35. The summed E-state index contributed by atoms with van der Waals surface area (Å²) in [6, 6.07) is 7.01. The normalized spacial score (nSPS) is 27.7. The van der Waals surface area contributed by atoms with E-state index < -0.39 is 6.04 Å². The Balaban J connectivity index is 1.82. The first kappa shape index (κ1) is 20.2. The lowest BCUT2D eigenvalue weighted by atomic mass is 9.80. The van der Waals surface area contributed by atoms with Crippen molar-refractivity contribution in [2.45, 2.75) is 52.2 Å². The molecule has 0 unspecified atom stereocenters. The van der Waals surface area contributed by atoms with Crippen molar-refractivity contribution in [3.8, 4) is 0 Å². The summed E-state index contributed by atoms with van der Waals surface area (Å²) in [7, 11) is 3.94. The third kappa shape index (κ3) is 4.32. The van der Waals surface area contributed by atoms with Crippen molar-refractivity contribution >= 4 is 17.7 Å². The molecule has 2 amide bonds. The first-order valence-corrected chi connectivity index (χ1v) is 10.0. The van der Waals surface area contributed by atoms with Gasteiger partial charge in [0.25, 0.3) is 0 Å². The lowest BCUT2D eigenvalue weighted by Crippen LogP contribution is -2.45. The molecule has 1 aromatic carbocycles. The summed E-state index contributed by atoms with van der Waals surface area (Å²) < 4.78 is 5.87. The summed E-state index contributed by atoms with van der Waals surface area (Å²) in [6.45, 7) is 6.22. The summed E-state index contributed by atoms with van der Waals surface area (Å²) in [5.74, 6) is 0.855. The SMILES string of the molecule is CC1=C(C(=O)O[C@@H]2CC[C@H](C)[C@H](C)C2)[C@@H](c2ccc(N(C)C)cc2)NC(=O)N1. The number of carbonyl (C=O) groups excluding carboxylic acids is 2.